The van der Waals surface area contributed by atoms with Crippen LogP contribution in [0.4, 0.5) is 0 Å². The highest BCUT2D eigenvalue weighted by molar-refractivity contribution is 9.10. The number of methoxy groups -OCH3 is 1. The zero-order valence-electron chi connectivity index (χ0n) is 12.0. The van der Waals surface area contributed by atoms with E-state index in [0.29, 0.717) is 12.0 Å². The molecule has 3 atom stereocenters. The van der Waals surface area contributed by atoms with E-state index in [1.165, 1.54) is 31.4 Å². The first-order valence-corrected chi connectivity index (χ1v) is 8.27. The van der Waals surface area contributed by atoms with Crippen molar-refractivity contribution in [3.8, 4) is 5.75 Å². The van der Waals surface area contributed by atoms with Gasteiger partial charge in [-0.15, -0.1) is 0 Å². The highest BCUT2D eigenvalue weighted by Gasteiger charge is 2.38. The van der Waals surface area contributed by atoms with Gasteiger partial charge in [-0.2, -0.15) is 0 Å². The third-order valence-electron chi connectivity index (χ3n) is 4.85. The number of ether oxygens (including phenoxy) is 1. The number of halogens is 1. The lowest BCUT2D eigenvalue weighted by Crippen LogP contribution is -2.38. The Morgan fingerprint density at radius 3 is 2.90 bits per heavy atom. The minimum absolute atomic E-state index is 0.418. The lowest BCUT2D eigenvalue weighted by atomic mass is 9.78. The van der Waals surface area contributed by atoms with Crippen molar-refractivity contribution in [2.45, 2.75) is 31.8 Å². The fourth-order valence-electron chi connectivity index (χ4n) is 3.80. The molecule has 1 aromatic rings. The van der Waals surface area contributed by atoms with Crippen LogP contribution in [0.1, 0.15) is 24.8 Å². The lowest BCUT2D eigenvalue weighted by molar-refractivity contribution is 0.259. The van der Waals surface area contributed by atoms with E-state index >= 15 is 0 Å². The van der Waals surface area contributed by atoms with Gasteiger partial charge in [0.2, 0.25) is 0 Å². The normalized spacial score (nSPS) is 30.2. The molecule has 1 aliphatic heterocycles. The van der Waals surface area contributed by atoms with E-state index < -0.39 is 0 Å². The number of likely N-dealkylation sites (tertiary alicyclic amines) is 1. The van der Waals surface area contributed by atoms with Gasteiger partial charge in [0.1, 0.15) is 5.75 Å². The van der Waals surface area contributed by atoms with Gasteiger partial charge in [0.15, 0.2) is 0 Å². The van der Waals surface area contributed by atoms with Crippen LogP contribution in [0, 0.1) is 11.8 Å². The summed E-state index contributed by atoms with van der Waals surface area (Å²) in [4.78, 5) is 2.56. The van der Waals surface area contributed by atoms with Crippen molar-refractivity contribution in [3.05, 3.63) is 28.2 Å². The molecule has 1 saturated heterocycles. The number of hydrogen-bond acceptors (Lipinski definition) is 3. The monoisotopic (exact) mass is 338 g/mol. The molecule has 110 valence electrons. The minimum Gasteiger partial charge on any atom is -0.496 e. The zero-order valence-corrected chi connectivity index (χ0v) is 13.6. The van der Waals surface area contributed by atoms with Gasteiger partial charge in [-0.25, -0.2) is 0 Å². The molecule has 1 saturated carbocycles. The molecule has 0 aromatic heterocycles. The Morgan fingerprint density at radius 1 is 1.35 bits per heavy atom. The number of hydrogen-bond donors (Lipinski definition) is 1. The molecule has 20 heavy (non-hydrogen) atoms. The second kappa shape index (κ2) is 6.04. The maximum absolute atomic E-state index is 6.29. The van der Waals surface area contributed by atoms with E-state index in [1.54, 1.807) is 7.11 Å². The maximum Gasteiger partial charge on any atom is 0.133 e. The molecule has 1 heterocycles. The number of nitrogens with zero attached hydrogens (tertiary/aromatic N) is 1. The van der Waals surface area contributed by atoms with E-state index in [9.17, 15) is 0 Å². The van der Waals surface area contributed by atoms with Crippen LogP contribution in [0.25, 0.3) is 0 Å². The molecule has 1 aliphatic carbocycles. The molecular formula is C16H23BrN2O. The Morgan fingerprint density at radius 2 is 2.20 bits per heavy atom. The molecule has 3 rings (SSSR count). The number of nitrogens with two attached hydrogens (primary N) is 1. The van der Waals surface area contributed by atoms with Crippen LogP contribution in [0.15, 0.2) is 22.7 Å². The summed E-state index contributed by atoms with van der Waals surface area (Å²) in [5.74, 6) is 2.43. The maximum atomic E-state index is 6.29. The molecule has 1 aromatic carbocycles. The summed E-state index contributed by atoms with van der Waals surface area (Å²) < 4.78 is 6.32. The van der Waals surface area contributed by atoms with Crippen molar-refractivity contribution in [1.29, 1.82) is 0 Å². The van der Waals surface area contributed by atoms with Crippen LogP contribution in [0.2, 0.25) is 0 Å². The van der Waals surface area contributed by atoms with Gasteiger partial charge in [0, 0.05) is 25.7 Å². The Labute approximate surface area is 129 Å². The van der Waals surface area contributed by atoms with Crippen molar-refractivity contribution < 1.29 is 4.74 Å². The van der Waals surface area contributed by atoms with Gasteiger partial charge >= 0.3 is 0 Å². The summed E-state index contributed by atoms with van der Waals surface area (Å²) in [5.41, 5.74) is 7.62. The summed E-state index contributed by atoms with van der Waals surface area (Å²) in [6, 6.07) is 6.78. The average Bonchev–Trinajstić information content (AvgIpc) is 2.83. The molecule has 2 aliphatic rings. The number of benzene rings is 1. The summed E-state index contributed by atoms with van der Waals surface area (Å²) >= 11 is 3.56. The molecule has 3 nitrogen and oxygen atoms in total. The third kappa shape index (κ3) is 2.87. The van der Waals surface area contributed by atoms with Gasteiger partial charge in [0.05, 0.1) is 11.6 Å². The third-order valence-corrected chi connectivity index (χ3v) is 5.47. The van der Waals surface area contributed by atoms with Crippen molar-refractivity contribution in [1.82, 2.24) is 4.90 Å². The number of rotatable bonds is 3. The Balaban J connectivity index is 1.65. The second-order valence-electron chi connectivity index (χ2n) is 6.18. The van der Waals surface area contributed by atoms with Gasteiger partial charge in [-0.1, -0.05) is 12.5 Å². The van der Waals surface area contributed by atoms with E-state index in [0.717, 1.165) is 29.2 Å². The molecule has 2 N–H and O–H groups in total. The van der Waals surface area contributed by atoms with Crippen LogP contribution < -0.4 is 10.5 Å². The molecule has 0 radical (unpaired) electrons. The predicted molar refractivity (Wildman–Crippen MR) is 84.8 cm³/mol. The topological polar surface area (TPSA) is 38.5 Å². The second-order valence-corrected chi connectivity index (χ2v) is 7.04. The summed E-state index contributed by atoms with van der Waals surface area (Å²) in [6.07, 6.45) is 3.88. The lowest BCUT2D eigenvalue weighted by Gasteiger charge is -2.29. The molecular weight excluding hydrogens is 316 g/mol. The quantitative estimate of drug-likeness (QED) is 0.920. The summed E-state index contributed by atoms with van der Waals surface area (Å²) in [6.45, 7) is 3.39. The van der Waals surface area contributed by atoms with Crippen molar-refractivity contribution >= 4 is 15.9 Å². The van der Waals surface area contributed by atoms with E-state index in [-0.39, 0.29) is 0 Å². The fourth-order valence-corrected chi connectivity index (χ4v) is 4.39. The molecule has 0 spiro atoms. The Kier molecular flexibility index (Phi) is 4.34. The highest BCUT2D eigenvalue weighted by Crippen LogP contribution is 2.36. The Hall–Kier alpha value is -0.580. The predicted octanol–water partition coefficient (Wildman–Crippen LogP) is 3.02. The molecule has 3 unspecified atom stereocenters. The van der Waals surface area contributed by atoms with Crippen molar-refractivity contribution in [2.75, 3.05) is 20.2 Å². The first-order chi connectivity index (χ1) is 9.67. The van der Waals surface area contributed by atoms with Crippen LogP contribution in [0.3, 0.4) is 0 Å². The smallest absolute Gasteiger partial charge is 0.133 e. The Bertz CT molecular complexity index is 480. The fraction of sp³-hybridized carbons (Fsp3) is 0.625. The number of fused-ring (bicyclic) bond motifs is 1. The molecule has 2 fully saturated rings. The van der Waals surface area contributed by atoms with E-state index in [1.807, 2.05) is 6.07 Å². The standard InChI is InChI=1S/C16H23BrN2O/c1-20-16-6-5-11(7-14(16)17)8-19-9-12-3-2-4-15(18)13(12)10-19/h5-7,12-13,15H,2-4,8-10,18H2,1H3. The molecule has 0 amide bonds. The van der Waals surface area contributed by atoms with Gasteiger partial charge < -0.3 is 10.5 Å². The van der Waals surface area contributed by atoms with Crippen molar-refractivity contribution in [2.24, 2.45) is 17.6 Å². The summed E-state index contributed by atoms with van der Waals surface area (Å²) in [5, 5.41) is 0. The van der Waals surface area contributed by atoms with Crippen LogP contribution in [0.5, 0.6) is 5.75 Å². The largest absolute Gasteiger partial charge is 0.496 e. The van der Waals surface area contributed by atoms with Crippen LogP contribution in [-0.4, -0.2) is 31.1 Å². The van der Waals surface area contributed by atoms with Gasteiger partial charge in [-0.3, -0.25) is 4.90 Å². The first-order valence-electron chi connectivity index (χ1n) is 7.47. The zero-order chi connectivity index (χ0) is 14.1. The van der Waals surface area contributed by atoms with Crippen molar-refractivity contribution in [3.63, 3.8) is 0 Å². The van der Waals surface area contributed by atoms with E-state index in [4.69, 9.17) is 10.5 Å². The summed E-state index contributed by atoms with van der Waals surface area (Å²) in [7, 11) is 1.70. The first kappa shape index (κ1) is 14.4. The van der Waals surface area contributed by atoms with Crippen LogP contribution >= 0.6 is 15.9 Å². The molecule has 0 bridgehead atoms. The van der Waals surface area contributed by atoms with E-state index in [2.05, 4.69) is 33.0 Å². The SMILES string of the molecule is COc1ccc(CN2CC3CCCC(N)C3C2)cc1Br. The highest BCUT2D eigenvalue weighted by atomic mass is 79.9. The average molecular weight is 339 g/mol. The van der Waals surface area contributed by atoms with Crippen LogP contribution in [-0.2, 0) is 6.54 Å². The van der Waals surface area contributed by atoms with Gasteiger partial charge in [-0.05, 0) is 58.3 Å². The molecule has 4 heteroatoms. The minimum atomic E-state index is 0.418. The van der Waals surface area contributed by atoms with Gasteiger partial charge in [0.25, 0.3) is 0 Å².